The first kappa shape index (κ1) is 16.5. The van der Waals surface area contributed by atoms with Crippen LogP contribution in [0.25, 0.3) is 0 Å². The van der Waals surface area contributed by atoms with Crippen LogP contribution in [0.1, 0.15) is 16.6 Å². The molecule has 0 unspecified atom stereocenters. The third-order valence-corrected chi connectivity index (χ3v) is 4.17. The highest BCUT2D eigenvalue weighted by atomic mass is 35.5. The summed E-state index contributed by atoms with van der Waals surface area (Å²) in [7, 11) is 0. The number of piperazine rings is 1. The van der Waals surface area contributed by atoms with Crippen LogP contribution in [0.4, 0.5) is 0 Å². The van der Waals surface area contributed by atoms with Gasteiger partial charge >= 0.3 is 0 Å². The maximum absolute atomic E-state index is 3.41. The number of thiophene rings is 1. The van der Waals surface area contributed by atoms with Crippen molar-refractivity contribution >= 4 is 36.2 Å². The molecule has 0 radical (unpaired) electrons. The van der Waals surface area contributed by atoms with Gasteiger partial charge in [0, 0.05) is 42.9 Å². The molecule has 3 rings (SSSR count). The fourth-order valence-electron chi connectivity index (χ4n) is 2.43. The molecule has 1 fully saturated rings. The van der Waals surface area contributed by atoms with Crippen molar-refractivity contribution in [3.05, 3.63) is 46.4 Å². The van der Waals surface area contributed by atoms with E-state index in [1.165, 1.54) is 10.6 Å². The van der Waals surface area contributed by atoms with Crippen LogP contribution in [-0.2, 0) is 0 Å². The fourth-order valence-corrected chi connectivity index (χ4v) is 3.31. The summed E-state index contributed by atoms with van der Waals surface area (Å²) in [6.45, 7) is 4.40. The Balaban J connectivity index is 0.000000902. The topological polar surface area (TPSA) is 31.1 Å². The number of hydrogen-bond donors (Lipinski definition) is 2. The second kappa shape index (κ2) is 7.92. The highest BCUT2D eigenvalue weighted by Crippen LogP contribution is 2.30. The fraction of sp³-hybridized carbons (Fsp3) is 0.385. The highest BCUT2D eigenvalue weighted by Gasteiger charge is 2.24. The average Bonchev–Trinajstić information content (AvgIpc) is 3.04. The van der Waals surface area contributed by atoms with Crippen molar-refractivity contribution in [3.8, 4) is 0 Å². The zero-order valence-corrected chi connectivity index (χ0v) is 13.0. The van der Waals surface area contributed by atoms with Gasteiger partial charge in [-0.05, 0) is 23.6 Å². The van der Waals surface area contributed by atoms with E-state index in [0.717, 1.165) is 26.2 Å². The molecule has 3 heterocycles. The third kappa shape index (κ3) is 3.74. The SMILES string of the molecule is Cl.Cl.c1c[nH]c([C@H](c2cccs2)N2CCNCC2)c1. The molecule has 1 aliphatic heterocycles. The Morgan fingerprint density at radius 2 is 1.89 bits per heavy atom. The van der Waals surface area contributed by atoms with E-state index in [-0.39, 0.29) is 24.8 Å². The lowest BCUT2D eigenvalue weighted by atomic mass is 10.1. The number of aromatic nitrogens is 1. The van der Waals surface area contributed by atoms with E-state index in [9.17, 15) is 0 Å². The molecule has 0 saturated carbocycles. The summed E-state index contributed by atoms with van der Waals surface area (Å²) in [6, 6.07) is 9.04. The van der Waals surface area contributed by atoms with E-state index in [1.54, 1.807) is 0 Å². The van der Waals surface area contributed by atoms with Crippen LogP contribution in [-0.4, -0.2) is 36.1 Å². The second-order valence-corrected chi connectivity index (χ2v) is 5.31. The van der Waals surface area contributed by atoms with Gasteiger partial charge in [0.15, 0.2) is 0 Å². The number of nitrogens with one attached hydrogen (secondary N) is 2. The number of nitrogens with zero attached hydrogens (tertiary/aromatic N) is 1. The Morgan fingerprint density at radius 3 is 2.47 bits per heavy atom. The summed E-state index contributed by atoms with van der Waals surface area (Å²) in [4.78, 5) is 7.34. The Bertz CT molecular complexity index is 404. The van der Waals surface area contributed by atoms with Crippen molar-refractivity contribution in [3.63, 3.8) is 0 Å². The van der Waals surface area contributed by atoms with Gasteiger partial charge in [0.05, 0.1) is 6.04 Å². The molecular formula is C13H19Cl2N3S. The Morgan fingerprint density at radius 1 is 1.11 bits per heavy atom. The van der Waals surface area contributed by atoms with Gasteiger partial charge in [-0.3, -0.25) is 4.90 Å². The van der Waals surface area contributed by atoms with Gasteiger partial charge in [0.2, 0.25) is 0 Å². The predicted molar refractivity (Wildman–Crippen MR) is 85.9 cm³/mol. The summed E-state index contributed by atoms with van der Waals surface area (Å²) < 4.78 is 0. The molecule has 2 aromatic rings. The predicted octanol–water partition coefficient (Wildman–Crippen LogP) is 2.91. The summed E-state index contributed by atoms with van der Waals surface area (Å²) in [5.41, 5.74) is 1.30. The van der Waals surface area contributed by atoms with Crippen LogP contribution in [0.15, 0.2) is 35.8 Å². The molecule has 0 aromatic carbocycles. The highest BCUT2D eigenvalue weighted by molar-refractivity contribution is 7.10. The first-order valence-electron chi connectivity index (χ1n) is 6.06. The number of halogens is 2. The van der Waals surface area contributed by atoms with Crippen LogP contribution >= 0.6 is 36.2 Å². The van der Waals surface area contributed by atoms with Crippen LogP contribution in [0.5, 0.6) is 0 Å². The number of rotatable bonds is 3. The minimum atomic E-state index is 0. The lowest BCUT2D eigenvalue weighted by Gasteiger charge is -2.34. The molecule has 0 aliphatic carbocycles. The van der Waals surface area contributed by atoms with Gasteiger partial charge in [-0.2, -0.15) is 0 Å². The van der Waals surface area contributed by atoms with Crippen molar-refractivity contribution in [1.29, 1.82) is 0 Å². The van der Waals surface area contributed by atoms with Crippen LogP contribution in [0, 0.1) is 0 Å². The van der Waals surface area contributed by atoms with E-state index in [2.05, 4.69) is 44.8 Å². The summed E-state index contributed by atoms with van der Waals surface area (Å²) in [5.74, 6) is 0. The normalized spacial score (nSPS) is 17.3. The minimum Gasteiger partial charge on any atom is -0.363 e. The molecule has 2 N–H and O–H groups in total. The van der Waals surface area contributed by atoms with Crippen molar-refractivity contribution < 1.29 is 0 Å². The molecule has 106 valence electrons. The first-order valence-corrected chi connectivity index (χ1v) is 6.94. The average molecular weight is 320 g/mol. The maximum Gasteiger partial charge on any atom is 0.0848 e. The maximum atomic E-state index is 3.41. The van der Waals surface area contributed by atoms with Crippen LogP contribution in [0.2, 0.25) is 0 Å². The zero-order valence-electron chi connectivity index (χ0n) is 10.5. The minimum absolute atomic E-state index is 0. The van der Waals surface area contributed by atoms with Crippen LogP contribution < -0.4 is 5.32 Å². The molecule has 1 saturated heterocycles. The lowest BCUT2D eigenvalue weighted by Crippen LogP contribution is -2.45. The summed E-state index contributed by atoms with van der Waals surface area (Å²) in [6.07, 6.45) is 2.01. The quantitative estimate of drug-likeness (QED) is 0.911. The van der Waals surface area contributed by atoms with Gasteiger partial charge < -0.3 is 10.3 Å². The van der Waals surface area contributed by atoms with E-state index in [0.29, 0.717) is 6.04 Å². The molecule has 1 aliphatic rings. The first-order chi connectivity index (χ1) is 8.45. The van der Waals surface area contributed by atoms with Crippen LogP contribution in [0.3, 0.4) is 0 Å². The second-order valence-electron chi connectivity index (χ2n) is 4.33. The number of aromatic amines is 1. The Hall–Kier alpha value is -0.520. The number of H-pyrrole nitrogens is 1. The Kier molecular flexibility index (Phi) is 6.89. The van der Waals surface area contributed by atoms with E-state index >= 15 is 0 Å². The molecule has 0 bridgehead atoms. The third-order valence-electron chi connectivity index (χ3n) is 3.25. The molecule has 6 heteroatoms. The van der Waals surface area contributed by atoms with E-state index in [1.807, 2.05) is 17.5 Å². The van der Waals surface area contributed by atoms with Gasteiger partial charge in [0.1, 0.15) is 0 Å². The molecule has 19 heavy (non-hydrogen) atoms. The smallest absolute Gasteiger partial charge is 0.0848 e. The lowest BCUT2D eigenvalue weighted by molar-refractivity contribution is 0.198. The van der Waals surface area contributed by atoms with Gasteiger partial charge in [-0.15, -0.1) is 36.2 Å². The molecular weight excluding hydrogens is 301 g/mol. The van der Waals surface area contributed by atoms with Crippen molar-refractivity contribution in [1.82, 2.24) is 15.2 Å². The molecule has 0 spiro atoms. The van der Waals surface area contributed by atoms with E-state index < -0.39 is 0 Å². The van der Waals surface area contributed by atoms with Gasteiger partial charge in [-0.25, -0.2) is 0 Å². The molecule has 2 aromatic heterocycles. The largest absolute Gasteiger partial charge is 0.363 e. The van der Waals surface area contributed by atoms with E-state index in [4.69, 9.17) is 0 Å². The zero-order chi connectivity index (χ0) is 11.5. The molecule has 1 atom stereocenters. The molecule has 0 amide bonds. The number of hydrogen-bond acceptors (Lipinski definition) is 3. The standard InChI is InChI=1S/C13H17N3S.2ClH/c1-3-11(15-5-1)13(12-4-2-10-17-12)16-8-6-14-7-9-16;;/h1-5,10,13-15H,6-9H2;2*1H/t13-;;/m1../s1. The summed E-state index contributed by atoms with van der Waals surface area (Å²) in [5, 5.41) is 5.57. The van der Waals surface area contributed by atoms with Gasteiger partial charge in [-0.1, -0.05) is 6.07 Å². The Labute approximate surface area is 130 Å². The monoisotopic (exact) mass is 319 g/mol. The van der Waals surface area contributed by atoms with Crippen molar-refractivity contribution in [2.75, 3.05) is 26.2 Å². The van der Waals surface area contributed by atoms with Crippen molar-refractivity contribution in [2.45, 2.75) is 6.04 Å². The van der Waals surface area contributed by atoms with Gasteiger partial charge in [0.25, 0.3) is 0 Å². The molecule has 3 nitrogen and oxygen atoms in total. The van der Waals surface area contributed by atoms with Crippen molar-refractivity contribution in [2.24, 2.45) is 0 Å². The summed E-state index contributed by atoms with van der Waals surface area (Å²) >= 11 is 1.84.